The van der Waals surface area contributed by atoms with Gasteiger partial charge in [-0.2, -0.15) is 0 Å². The van der Waals surface area contributed by atoms with Crippen molar-refractivity contribution in [1.82, 2.24) is 10.6 Å². The maximum absolute atomic E-state index is 11.8. The van der Waals surface area contributed by atoms with Crippen LogP contribution in [0, 0.1) is 11.3 Å². The van der Waals surface area contributed by atoms with E-state index < -0.39 is 0 Å². The van der Waals surface area contributed by atoms with Crippen LogP contribution < -0.4 is 10.6 Å². The molecule has 0 aromatic heterocycles. The topological polar surface area (TPSA) is 41.1 Å². The lowest BCUT2D eigenvalue weighted by Gasteiger charge is -2.30. The van der Waals surface area contributed by atoms with E-state index in [1.54, 1.807) is 0 Å². The van der Waals surface area contributed by atoms with Crippen molar-refractivity contribution in [2.75, 3.05) is 6.54 Å². The third-order valence-electron chi connectivity index (χ3n) is 4.92. The Hall–Kier alpha value is -0.570. The molecular formula is C16H30N2O. The normalized spacial score (nSPS) is 33.6. The largest absolute Gasteiger partial charge is 0.355 e. The SMILES string of the molecule is CC(C)(C)C1CCCC(NC2CCCNC2=O)CC1. The molecule has 1 saturated carbocycles. The van der Waals surface area contributed by atoms with Crippen molar-refractivity contribution in [3.8, 4) is 0 Å². The maximum atomic E-state index is 11.8. The Morgan fingerprint density at radius 3 is 2.53 bits per heavy atom. The van der Waals surface area contributed by atoms with Gasteiger partial charge >= 0.3 is 0 Å². The first-order chi connectivity index (χ1) is 8.97. The summed E-state index contributed by atoms with van der Waals surface area (Å²) < 4.78 is 0. The van der Waals surface area contributed by atoms with Crippen LogP contribution in [0.25, 0.3) is 0 Å². The smallest absolute Gasteiger partial charge is 0.237 e. The van der Waals surface area contributed by atoms with E-state index in [-0.39, 0.29) is 11.9 Å². The van der Waals surface area contributed by atoms with Crippen LogP contribution >= 0.6 is 0 Å². The van der Waals surface area contributed by atoms with Crippen LogP contribution in [0.3, 0.4) is 0 Å². The fraction of sp³-hybridized carbons (Fsp3) is 0.938. The van der Waals surface area contributed by atoms with Gasteiger partial charge in [-0.05, 0) is 49.9 Å². The quantitative estimate of drug-likeness (QED) is 0.755. The van der Waals surface area contributed by atoms with E-state index in [0.717, 1.165) is 25.3 Å². The number of hydrogen-bond donors (Lipinski definition) is 2. The highest BCUT2D eigenvalue weighted by Crippen LogP contribution is 2.36. The van der Waals surface area contributed by atoms with Crippen molar-refractivity contribution in [3.05, 3.63) is 0 Å². The molecule has 2 fully saturated rings. The molecule has 3 nitrogen and oxygen atoms in total. The van der Waals surface area contributed by atoms with E-state index in [2.05, 4.69) is 31.4 Å². The lowest BCUT2D eigenvalue weighted by atomic mass is 9.76. The first kappa shape index (κ1) is 14.8. The standard InChI is InChI=1S/C16H30N2O/c1-16(2,3)12-6-4-7-13(10-9-12)18-14-8-5-11-17-15(14)19/h12-14,18H,4-11H2,1-3H3,(H,17,19). The van der Waals surface area contributed by atoms with E-state index >= 15 is 0 Å². The fourth-order valence-corrected chi connectivity index (χ4v) is 3.55. The summed E-state index contributed by atoms with van der Waals surface area (Å²) in [5.74, 6) is 1.04. The molecule has 0 aromatic carbocycles. The zero-order valence-corrected chi connectivity index (χ0v) is 12.8. The molecule has 1 aliphatic heterocycles. The second kappa shape index (κ2) is 6.25. The summed E-state index contributed by atoms with van der Waals surface area (Å²) in [6.45, 7) is 7.94. The summed E-state index contributed by atoms with van der Waals surface area (Å²) in [6.07, 6.45) is 8.52. The Morgan fingerprint density at radius 2 is 1.84 bits per heavy atom. The zero-order chi connectivity index (χ0) is 13.9. The van der Waals surface area contributed by atoms with Crippen molar-refractivity contribution < 1.29 is 4.79 Å². The fourth-order valence-electron chi connectivity index (χ4n) is 3.55. The van der Waals surface area contributed by atoms with Gasteiger partial charge in [0.2, 0.25) is 5.91 Å². The van der Waals surface area contributed by atoms with Gasteiger partial charge in [0, 0.05) is 12.6 Å². The van der Waals surface area contributed by atoms with Gasteiger partial charge < -0.3 is 10.6 Å². The summed E-state index contributed by atoms with van der Waals surface area (Å²) in [5.41, 5.74) is 0.428. The Morgan fingerprint density at radius 1 is 1.05 bits per heavy atom. The first-order valence-electron chi connectivity index (χ1n) is 8.00. The van der Waals surface area contributed by atoms with Gasteiger partial charge in [-0.3, -0.25) is 4.79 Å². The summed E-state index contributed by atoms with van der Waals surface area (Å²) in [7, 11) is 0. The average molecular weight is 266 g/mol. The minimum absolute atomic E-state index is 0.0601. The van der Waals surface area contributed by atoms with Crippen LogP contribution in [0.1, 0.15) is 65.7 Å². The highest BCUT2D eigenvalue weighted by atomic mass is 16.2. The number of amides is 1. The van der Waals surface area contributed by atoms with Crippen LogP contribution in [0.5, 0.6) is 0 Å². The molecule has 0 radical (unpaired) electrons. The second-order valence-electron chi connectivity index (χ2n) is 7.42. The monoisotopic (exact) mass is 266 g/mol. The van der Waals surface area contributed by atoms with Crippen LogP contribution in [-0.4, -0.2) is 24.5 Å². The molecule has 0 spiro atoms. The van der Waals surface area contributed by atoms with Gasteiger partial charge in [0.1, 0.15) is 0 Å². The van der Waals surface area contributed by atoms with E-state index in [4.69, 9.17) is 0 Å². The molecule has 2 rings (SSSR count). The molecule has 3 heteroatoms. The lowest BCUT2D eigenvalue weighted by molar-refractivity contribution is -0.124. The van der Waals surface area contributed by atoms with Crippen LogP contribution in [0.4, 0.5) is 0 Å². The minimum Gasteiger partial charge on any atom is -0.355 e. The molecule has 1 heterocycles. The molecule has 1 aliphatic carbocycles. The molecule has 2 aliphatic rings. The highest BCUT2D eigenvalue weighted by Gasteiger charge is 2.30. The Kier molecular flexibility index (Phi) is 4.88. The average Bonchev–Trinajstić information content (AvgIpc) is 2.57. The zero-order valence-electron chi connectivity index (χ0n) is 12.8. The number of hydrogen-bond acceptors (Lipinski definition) is 2. The predicted molar refractivity (Wildman–Crippen MR) is 79.0 cm³/mol. The van der Waals surface area contributed by atoms with Crippen molar-refractivity contribution in [2.45, 2.75) is 77.8 Å². The number of rotatable bonds is 2. The number of carbonyl (C=O) groups excluding carboxylic acids is 1. The molecule has 3 unspecified atom stereocenters. The van der Waals surface area contributed by atoms with Gasteiger partial charge in [0.05, 0.1) is 6.04 Å². The van der Waals surface area contributed by atoms with Crippen LogP contribution in [0.2, 0.25) is 0 Å². The summed E-state index contributed by atoms with van der Waals surface area (Å²) in [5, 5.41) is 6.58. The van der Waals surface area contributed by atoms with Gasteiger partial charge in [-0.1, -0.05) is 27.2 Å². The van der Waals surface area contributed by atoms with Gasteiger partial charge in [-0.15, -0.1) is 0 Å². The molecule has 1 saturated heterocycles. The molecule has 0 bridgehead atoms. The summed E-state index contributed by atoms with van der Waals surface area (Å²) in [6, 6.07) is 0.603. The maximum Gasteiger partial charge on any atom is 0.237 e. The molecule has 19 heavy (non-hydrogen) atoms. The van der Waals surface area contributed by atoms with Crippen LogP contribution in [-0.2, 0) is 4.79 Å². The molecular weight excluding hydrogens is 236 g/mol. The Balaban J connectivity index is 1.84. The van der Waals surface area contributed by atoms with E-state index in [1.807, 2.05) is 0 Å². The number of piperidine rings is 1. The van der Waals surface area contributed by atoms with E-state index in [9.17, 15) is 4.79 Å². The van der Waals surface area contributed by atoms with E-state index in [0.29, 0.717) is 11.5 Å². The van der Waals surface area contributed by atoms with Gasteiger partial charge in [0.25, 0.3) is 0 Å². The lowest BCUT2D eigenvalue weighted by Crippen LogP contribution is -2.51. The first-order valence-corrected chi connectivity index (χ1v) is 8.00. The van der Waals surface area contributed by atoms with Gasteiger partial charge in [0.15, 0.2) is 0 Å². The van der Waals surface area contributed by atoms with Gasteiger partial charge in [-0.25, -0.2) is 0 Å². The van der Waals surface area contributed by atoms with Crippen molar-refractivity contribution in [2.24, 2.45) is 11.3 Å². The molecule has 2 N–H and O–H groups in total. The summed E-state index contributed by atoms with van der Waals surface area (Å²) in [4.78, 5) is 11.8. The van der Waals surface area contributed by atoms with E-state index in [1.165, 1.54) is 32.1 Å². The Bertz CT molecular complexity index is 308. The third kappa shape index (κ3) is 4.20. The third-order valence-corrected chi connectivity index (χ3v) is 4.92. The summed E-state index contributed by atoms with van der Waals surface area (Å²) >= 11 is 0. The molecule has 3 atom stereocenters. The minimum atomic E-state index is 0.0601. The van der Waals surface area contributed by atoms with Crippen molar-refractivity contribution >= 4 is 5.91 Å². The Labute approximate surface area is 117 Å². The van der Waals surface area contributed by atoms with Crippen LogP contribution in [0.15, 0.2) is 0 Å². The second-order valence-corrected chi connectivity index (χ2v) is 7.42. The molecule has 1 amide bonds. The van der Waals surface area contributed by atoms with Crippen molar-refractivity contribution in [1.29, 1.82) is 0 Å². The number of carbonyl (C=O) groups is 1. The van der Waals surface area contributed by atoms with Crippen molar-refractivity contribution in [3.63, 3.8) is 0 Å². The highest BCUT2D eigenvalue weighted by molar-refractivity contribution is 5.82. The molecule has 0 aromatic rings. The molecule has 110 valence electrons. The predicted octanol–water partition coefficient (Wildman–Crippen LogP) is 2.85. The number of nitrogens with one attached hydrogen (secondary N) is 2.